The van der Waals surface area contributed by atoms with Crippen LogP contribution in [0, 0.1) is 12.8 Å². The lowest BCUT2D eigenvalue weighted by Crippen LogP contribution is -2.49. The molecular weight excluding hydrogens is 697 g/mol. The van der Waals surface area contributed by atoms with E-state index in [1.165, 1.54) is 16.9 Å². The van der Waals surface area contributed by atoms with Gasteiger partial charge in [0, 0.05) is 100 Å². The van der Waals surface area contributed by atoms with Crippen LogP contribution in [0.2, 0.25) is 0 Å². The first-order valence-corrected chi connectivity index (χ1v) is 19.2. The monoisotopic (exact) mass is 744 g/mol. The first-order chi connectivity index (χ1) is 26.7. The molecule has 3 saturated heterocycles. The van der Waals surface area contributed by atoms with Gasteiger partial charge < -0.3 is 26.2 Å². The molecule has 4 aliphatic heterocycles. The third-order valence-corrected chi connectivity index (χ3v) is 11.6. The summed E-state index contributed by atoms with van der Waals surface area (Å²) in [6, 6.07) is 20.1. The highest BCUT2D eigenvalue weighted by molar-refractivity contribution is 6.06. The fourth-order valence-corrected chi connectivity index (χ4v) is 8.42. The molecule has 4 aliphatic rings. The van der Waals surface area contributed by atoms with Crippen LogP contribution in [0.3, 0.4) is 0 Å². The molecule has 3 fully saturated rings. The van der Waals surface area contributed by atoms with E-state index in [2.05, 4.69) is 61.0 Å². The molecular formula is C41H48N10O4. The van der Waals surface area contributed by atoms with Gasteiger partial charge in [-0.15, -0.1) is 0 Å². The summed E-state index contributed by atoms with van der Waals surface area (Å²) in [7, 11) is 0. The molecule has 0 saturated carbocycles. The molecule has 55 heavy (non-hydrogen) atoms. The van der Waals surface area contributed by atoms with Crippen molar-refractivity contribution in [3.63, 3.8) is 0 Å². The number of piperidine rings is 1. The number of hydrogen-bond donors (Lipinski definition) is 4. The summed E-state index contributed by atoms with van der Waals surface area (Å²) in [5.41, 5.74) is 15.0. The normalized spacial score (nSPS) is 17.9. The van der Waals surface area contributed by atoms with Crippen LogP contribution in [-0.4, -0.2) is 91.3 Å². The quantitative estimate of drug-likeness (QED) is 0.176. The van der Waals surface area contributed by atoms with Crippen LogP contribution in [0.5, 0.6) is 0 Å². The van der Waals surface area contributed by atoms with Gasteiger partial charge in [-0.05, 0) is 97.3 Å². The first kappa shape index (κ1) is 36.1. The molecule has 0 radical (unpaired) electrons. The maximum Gasteiger partial charge on any atom is 0.328 e. The highest BCUT2D eigenvalue weighted by atomic mass is 16.2. The molecule has 8 rings (SSSR count). The number of primary amides is 1. The minimum atomic E-state index is -0.534. The molecule has 0 spiro atoms. The lowest BCUT2D eigenvalue weighted by atomic mass is 9.95. The zero-order chi connectivity index (χ0) is 38.1. The molecule has 0 aliphatic carbocycles. The van der Waals surface area contributed by atoms with E-state index < -0.39 is 5.91 Å². The summed E-state index contributed by atoms with van der Waals surface area (Å²) in [6.45, 7) is 10.6. The highest BCUT2D eigenvalue weighted by Gasteiger charge is 2.29. The number of rotatable bonds is 10. The number of imide groups is 1. The Kier molecular flexibility index (Phi) is 10.1. The van der Waals surface area contributed by atoms with Crippen molar-refractivity contribution >= 4 is 52.8 Å². The van der Waals surface area contributed by atoms with Gasteiger partial charge in [0.1, 0.15) is 17.1 Å². The van der Waals surface area contributed by atoms with Crippen LogP contribution >= 0.6 is 0 Å². The number of nitrogens with one attached hydrogen (secondary N) is 3. The fraction of sp³-hybridized carbons (Fsp3) is 0.390. The Morgan fingerprint density at radius 3 is 2.29 bits per heavy atom. The van der Waals surface area contributed by atoms with Gasteiger partial charge in [-0.1, -0.05) is 12.1 Å². The van der Waals surface area contributed by atoms with Crippen molar-refractivity contribution in [3.05, 3.63) is 82.9 Å². The molecule has 14 heteroatoms. The minimum absolute atomic E-state index is 0.222. The number of nitrogens with zero attached hydrogens (tertiary/aromatic N) is 6. The van der Waals surface area contributed by atoms with Crippen LogP contribution in [0.4, 0.5) is 33.4 Å². The number of carbonyl (C=O) groups excluding carboxylic acids is 4. The van der Waals surface area contributed by atoms with E-state index in [-0.39, 0.29) is 11.9 Å². The predicted molar refractivity (Wildman–Crippen MR) is 213 cm³/mol. The molecule has 3 aromatic carbocycles. The number of fused-ring (bicyclic) bond motifs is 2. The second-order valence-corrected chi connectivity index (χ2v) is 15.0. The summed E-state index contributed by atoms with van der Waals surface area (Å²) in [5, 5.41) is 13.5. The van der Waals surface area contributed by atoms with E-state index in [1.807, 2.05) is 41.9 Å². The van der Waals surface area contributed by atoms with Gasteiger partial charge in [0.2, 0.25) is 12.3 Å². The number of benzene rings is 3. The number of carbonyl (C=O) groups is 4. The molecule has 1 aromatic heterocycles. The Balaban J connectivity index is 0.846. The second kappa shape index (κ2) is 15.5. The van der Waals surface area contributed by atoms with Crippen molar-refractivity contribution in [1.29, 1.82) is 0 Å². The average Bonchev–Trinajstić information content (AvgIpc) is 3.46. The van der Waals surface area contributed by atoms with Crippen molar-refractivity contribution < 1.29 is 19.2 Å². The van der Waals surface area contributed by atoms with Crippen LogP contribution in [0.25, 0.3) is 11.3 Å². The summed E-state index contributed by atoms with van der Waals surface area (Å²) in [5.74, 6) is 0.523. The number of amides is 5. The van der Waals surface area contributed by atoms with Crippen LogP contribution < -0.4 is 36.4 Å². The first-order valence-electron chi connectivity index (χ1n) is 19.2. The van der Waals surface area contributed by atoms with E-state index in [9.17, 15) is 19.2 Å². The Bertz CT molecular complexity index is 2100. The summed E-state index contributed by atoms with van der Waals surface area (Å²) < 4.78 is 1.85. The molecule has 5 heterocycles. The van der Waals surface area contributed by atoms with E-state index in [0.29, 0.717) is 55.5 Å². The Morgan fingerprint density at radius 1 is 0.855 bits per heavy atom. The molecule has 5 amide bonds. The Morgan fingerprint density at radius 2 is 1.58 bits per heavy atom. The number of nitrogens with two attached hydrogens (primary N) is 1. The van der Waals surface area contributed by atoms with Crippen molar-refractivity contribution in [2.45, 2.75) is 45.7 Å². The molecule has 0 atom stereocenters. The van der Waals surface area contributed by atoms with Gasteiger partial charge >= 0.3 is 6.03 Å². The van der Waals surface area contributed by atoms with Gasteiger partial charge in [0.15, 0.2) is 0 Å². The molecule has 0 bridgehead atoms. The smallest absolute Gasteiger partial charge is 0.328 e. The number of anilines is 5. The zero-order valence-electron chi connectivity index (χ0n) is 31.2. The second-order valence-electron chi connectivity index (χ2n) is 15.0. The van der Waals surface area contributed by atoms with E-state index in [0.717, 1.165) is 93.1 Å². The van der Waals surface area contributed by atoms with Crippen molar-refractivity contribution in [3.8, 4) is 11.3 Å². The van der Waals surface area contributed by atoms with Crippen molar-refractivity contribution in [1.82, 2.24) is 25.3 Å². The molecule has 14 nitrogen and oxygen atoms in total. The topological polar surface area (TPSA) is 161 Å². The van der Waals surface area contributed by atoms with Crippen molar-refractivity contribution in [2.24, 2.45) is 11.7 Å². The predicted octanol–water partition coefficient (Wildman–Crippen LogP) is 3.99. The van der Waals surface area contributed by atoms with Gasteiger partial charge in [0.25, 0.3) is 5.91 Å². The number of hydrogen-bond acceptors (Lipinski definition) is 9. The van der Waals surface area contributed by atoms with Crippen LogP contribution in [-0.2, 0) is 29.1 Å². The average molecular weight is 745 g/mol. The zero-order valence-corrected chi connectivity index (χ0v) is 31.2. The summed E-state index contributed by atoms with van der Waals surface area (Å²) in [4.78, 5) is 56.5. The Labute approximate surface area is 320 Å². The van der Waals surface area contributed by atoms with Gasteiger partial charge in [-0.2, -0.15) is 5.10 Å². The fourth-order valence-electron chi connectivity index (χ4n) is 8.42. The van der Waals surface area contributed by atoms with E-state index in [1.54, 1.807) is 4.90 Å². The SMILES string of the molecule is Cc1cc(-c2nn3c(c2C(N)=O)Nc2ccc(N4CCN(CC5CCN(c6ccc(N7CCC(=O)NC7=O)cc6)CC5)CC4)cc2CC3)ccc1CNC=O. The van der Waals surface area contributed by atoms with Gasteiger partial charge in [0.05, 0.1) is 0 Å². The molecule has 0 unspecified atom stereocenters. The maximum atomic E-state index is 12.9. The number of aryl methyl sites for hydroxylation is 3. The Hall–Kier alpha value is -5.89. The highest BCUT2D eigenvalue weighted by Crippen LogP contribution is 2.36. The maximum absolute atomic E-state index is 12.9. The minimum Gasteiger partial charge on any atom is -0.372 e. The van der Waals surface area contributed by atoms with Crippen LogP contribution in [0.1, 0.15) is 46.3 Å². The number of urea groups is 1. The molecule has 5 N–H and O–H groups in total. The molecule has 4 aromatic rings. The lowest BCUT2D eigenvalue weighted by Gasteiger charge is -2.40. The van der Waals surface area contributed by atoms with Crippen LogP contribution in [0.15, 0.2) is 60.7 Å². The largest absolute Gasteiger partial charge is 0.372 e. The summed E-state index contributed by atoms with van der Waals surface area (Å²) in [6.07, 6.45) is 4.07. The van der Waals surface area contributed by atoms with E-state index in [4.69, 9.17) is 10.8 Å². The standard InChI is InChI=1S/C41H48N10O4/c1-27-22-30(2-3-31(27)24-43-26-52)38-37(39(42)54)40-44-35-9-8-34(23-29(35)12-17-51(40)46-38)49-20-18-47(19-21-49)25-28-10-14-48(15-11-28)32-4-6-33(7-5-32)50-16-13-36(53)45-41(50)55/h2-9,22-23,26,28,44H,10-21,24-25H2,1H3,(H2,42,54)(H,43,52)(H,45,53,55). The lowest BCUT2D eigenvalue weighted by molar-refractivity contribution is -0.120. The summed E-state index contributed by atoms with van der Waals surface area (Å²) >= 11 is 0. The van der Waals surface area contributed by atoms with E-state index >= 15 is 0 Å². The third-order valence-electron chi connectivity index (χ3n) is 11.6. The third kappa shape index (κ3) is 7.59. The number of piperazine rings is 1. The number of aromatic nitrogens is 2. The van der Waals surface area contributed by atoms with Crippen molar-refractivity contribution in [2.75, 3.05) is 72.4 Å². The van der Waals surface area contributed by atoms with Gasteiger partial charge in [-0.25, -0.2) is 9.48 Å². The van der Waals surface area contributed by atoms with Gasteiger partial charge in [-0.3, -0.25) is 29.5 Å². The molecule has 286 valence electrons.